The lowest BCUT2D eigenvalue weighted by Gasteiger charge is -2.31. The molecule has 7 nitrogen and oxygen atoms in total. The van der Waals surface area contributed by atoms with Gasteiger partial charge in [-0.3, -0.25) is 9.78 Å². The van der Waals surface area contributed by atoms with Gasteiger partial charge in [0.1, 0.15) is 6.04 Å². The summed E-state index contributed by atoms with van der Waals surface area (Å²) in [4.78, 5) is 30.7. The fourth-order valence-corrected chi connectivity index (χ4v) is 3.16. The van der Waals surface area contributed by atoms with E-state index in [2.05, 4.69) is 15.0 Å². The largest absolute Gasteiger partial charge is 0.453 e. The highest BCUT2D eigenvalue weighted by molar-refractivity contribution is 5.86. The maximum atomic E-state index is 13.0. The van der Waals surface area contributed by atoms with Crippen molar-refractivity contribution in [1.82, 2.24) is 15.2 Å². The summed E-state index contributed by atoms with van der Waals surface area (Å²) in [6.45, 7) is 4.80. The number of nitrogens with one attached hydrogen (secondary N) is 1. The number of likely N-dealkylation sites (tertiary alicyclic amines) is 1. The van der Waals surface area contributed by atoms with Crippen molar-refractivity contribution in [2.24, 2.45) is 11.7 Å². The first kappa shape index (κ1) is 18.2. The van der Waals surface area contributed by atoms with Crippen LogP contribution in [0.3, 0.4) is 0 Å². The number of methoxy groups -OCH3 is 1. The topological polar surface area (TPSA) is 97.5 Å². The molecule has 1 aromatic heterocycles. The van der Waals surface area contributed by atoms with Crippen molar-refractivity contribution >= 4 is 12.0 Å². The number of carbonyl (C=O) groups is 2. The molecule has 1 aliphatic rings. The zero-order valence-corrected chi connectivity index (χ0v) is 14.5. The molecule has 0 radical (unpaired) electrons. The van der Waals surface area contributed by atoms with Gasteiger partial charge in [-0.1, -0.05) is 19.9 Å². The van der Waals surface area contributed by atoms with Gasteiger partial charge in [0, 0.05) is 19.3 Å². The minimum absolute atomic E-state index is 0.0410. The van der Waals surface area contributed by atoms with Gasteiger partial charge >= 0.3 is 6.09 Å². The van der Waals surface area contributed by atoms with Gasteiger partial charge in [0.2, 0.25) is 5.91 Å². The Morgan fingerprint density at radius 3 is 2.88 bits per heavy atom. The number of amides is 2. The molecule has 0 aliphatic carbocycles. The van der Waals surface area contributed by atoms with Gasteiger partial charge in [-0.25, -0.2) is 4.79 Å². The Morgan fingerprint density at radius 2 is 2.25 bits per heavy atom. The van der Waals surface area contributed by atoms with Crippen molar-refractivity contribution in [3.05, 3.63) is 29.6 Å². The molecule has 1 aliphatic heterocycles. The number of rotatable bonds is 5. The molecular weight excluding hydrogens is 308 g/mol. The number of carbonyl (C=O) groups excluding carboxylic acids is 2. The predicted molar refractivity (Wildman–Crippen MR) is 90.0 cm³/mol. The average molecular weight is 334 g/mol. The zero-order chi connectivity index (χ0) is 17.7. The highest BCUT2D eigenvalue weighted by Gasteiger charge is 2.36. The van der Waals surface area contributed by atoms with Gasteiger partial charge < -0.3 is 20.7 Å². The molecule has 1 fully saturated rings. The third-order valence-corrected chi connectivity index (χ3v) is 4.41. The molecule has 132 valence electrons. The molecule has 0 aromatic carbocycles. The number of pyridine rings is 1. The molecule has 2 heterocycles. The first-order valence-electron chi connectivity index (χ1n) is 8.28. The number of alkyl carbamates (subject to hydrolysis) is 1. The van der Waals surface area contributed by atoms with Crippen molar-refractivity contribution < 1.29 is 14.3 Å². The summed E-state index contributed by atoms with van der Waals surface area (Å²) in [5.74, 6) is -0.134. The van der Waals surface area contributed by atoms with Crippen molar-refractivity contribution in [3.8, 4) is 0 Å². The minimum atomic E-state index is -0.615. The van der Waals surface area contributed by atoms with E-state index in [-0.39, 0.29) is 17.9 Å². The Kier molecular flexibility index (Phi) is 6.14. The first-order chi connectivity index (χ1) is 11.5. The van der Waals surface area contributed by atoms with E-state index in [1.165, 1.54) is 7.11 Å². The number of ether oxygens (including phenoxy) is 1. The molecule has 0 saturated carbocycles. The molecule has 0 bridgehead atoms. The smallest absolute Gasteiger partial charge is 0.407 e. The summed E-state index contributed by atoms with van der Waals surface area (Å²) in [5.41, 5.74) is 7.59. The van der Waals surface area contributed by atoms with Gasteiger partial charge in [0.15, 0.2) is 0 Å². The zero-order valence-electron chi connectivity index (χ0n) is 14.5. The van der Waals surface area contributed by atoms with Crippen molar-refractivity contribution in [1.29, 1.82) is 0 Å². The van der Waals surface area contributed by atoms with Gasteiger partial charge in [0.05, 0.1) is 18.8 Å². The van der Waals surface area contributed by atoms with Crippen molar-refractivity contribution in [3.63, 3.8) is 0 Å². The van der Waals surface area contributed by atoms with E-state index in [0.29, 0.717) is 13.1 Å². The standard InChI is InChI=1S/C17H26N4O3/c1-11(2)15(20-17(23)24-3)16(22)21-9-5-7-14(21)12-6-4-8-19-13(12)10-18/h4,6,8,11,14-15H,5,7,9-10,18H2,1-3H3,(H,20,23)/t14-,15-/m0/s1. The van der Waals surface area contributed by atoms with Gasteiger partial charge in [-0.05, 0) is 30.4 Å². The van der Waals surface area contributed by atoms with E-state index < -0.39 is 12.1 Å². The number of nitrogens with two attached hydrogens (primary N) is 1. The first-order valence-corrected chi connectivity index (χ1v) is 8.28. The molecule has 24 heavy (non-hydrogen) atoms. The Bertz CT molecular complexity index is 591. The monoisotopic (exact) mass is 334 g/mol. The van der Waals surface area contributed by atoms with Crippen LogP contribution in [-0.4, -0.2) is 41.6 Å². The highest BCUT2D eigenvalue weighted by Crippen LogP contribution is 2.34. The van der Waals surface area contributed by atoms with Crippen LogP contribution in [0.4, 0.5) is 4.79 Å². The number of aromatic nitrogens is 1. The number of hydrogen-bond acceptors (Lipinski definition) is 5. The van der Waals surface area contributed by atoms with Crippen LogP contribution in [0.5, 0.6) is 0 Å². The van der Waals surface area contributed by atoms with Crippen LogP contribution in [-0.2, 0) is 16.1 Å². The second-order valence-electron chi connectivity index (χ2n) is 6.29. The summed E-state index contributed by atoms with van der Waals surface area (Å²) in [6.07, 6.45) is 2.90. The van der Waals surface area contributed by atoms with Crippen LogP contribution in [0.15, 0.2) is 18.3 Å². The number of hydrogen-bond donors (Lipinski definition) is 2. The second-order valence-corrected chi connectivity index (χ2v) is 6.29. The van der Waals surface area contributed by atoms with Gasteiger partial charge in [-0.15, -0.1) is 0 Å². The lowest BCUT2D eigenvalue weighted by Crippen LogP contribution is -2.51. The summed E-state index contributed by atoms with van der Waals surface area (Å²) in [5, 5.41) is 2.65. The second kappa shape index (κ2) is 8.10. The van der Waals surface area contributed by atoms with Crippen LogP contribution in [0.2, 0.25) is 0 Å². The lowest BCUT2D eigenvalue weighted by atomic mass is 9.99. The summed E-state index contributed by atoms with van der Waals surface area (Å²) < 4.78 is 4.64. The third kappa shape index (κ3) is 3.84. The summed E-state index contributed by atoms with van der Waals surface area (Å²) in [6, 6.07) is 3.17. The van der Waals surface area contributed by atoms with Gasteiger partial charge in [-0.2, -0.15) is 0 Å². The Balaban J connectivity index is 2.24. The SMILES string of the molecule is COC(=O)N[C@H](C(=O)N1CCC[C@H]1c1cccnc1CN)C(C)C. The molecule has 0 unspecified atom stereocenters. The normalized spacial score (nSPS) is 18.5. The van der Waals surface area contributed by atoms with Crippen LogP contribution in [0, 0.1) is 5.92 Å². The quantitative estimate of drug-likeness (QED) is 0.852. The summed E-state index contributed by atoms with van der Waals surface area (Å²) in [7, 11) is 1.29. The van der Waals surface area contributed by atoms with E-state index in [0.717, 1.165) is 24.1 Å². The van der Waals surface area contributed by atoms with E-state index in [1.807, 2.05) is 30.9 Å². The third-order valence-electron chi connectivity index (χ3n) is 4.41. The molecule has 2 amide bonds. The average Bonchev–Trinajstić information content (AvgIpc) is 3.07. The van der Waals surface area contributed by atoms with Crippen LogP contribution < -0.4 is 11.1 Å². The Hall–Kier alpha value is -2.15. The maximum Gasteiger partial charge on any atom is 0.407 e. The Labute approximate surface area is 142 Å². The van der Waals surface area contributed by atoms with E-state index in [4.69, 9.17) is 5.73 Å². The van der Waals surface area contributed by atoms with E-state index in [1.54, 1.807) is 6.20 Å². The van der Waals surface area contributed by atoms with Crippen LogP contribution in [0.1, 0.15) is 44.0 Å². The molecule has 3 N–H and O–H groups in total. The molecule has 1 saturated heterocycles. The van der Waals surface area contributed by atoms with Crippen LogP contribution in [0.25, 0.3) is 0 Å². The lowest BCUT2D eigenvalue weighted by molar-refractivity contribution is -0.135. The molecule has 7 heteroatoms. The minimum Gasteiger partial charge on any atom is -0.453 e. The maximum absolute atomic E-state index is 13.0. The molecule has 2 atom stereocenters. The molecule has 2 rings (SSSR count). The fourth-order valence-electron chi connectivity index (χ4n) is 3.16. The van der Waals surface area contributed by atoms with Gasteiger partial charge in [0.25, 0.3) is 0 Å². The molecule has 1 aromatic rings. The number of nitrogens with zero attached hydrogens (tertiary/aromatic N) is 2. The Morgan fingerprint density at radius 1 is 1.50 bits per heavy atom. The molecular formula is C17H26N4O3. The van der Waals surface area contributed by atoms with E-state index >= 15 is 0 Å². The van der Waals surface area contributed by atoms with Crippen LogP contribution >= 0.6 is 0 Å². The van der Waals surface area contributed by atoms with Crippen molar-refractivity contribution in [2.75, 3.05) is 13.7 Å². The summed E-state index contributed by atoms with van der Waals surface area (Å²) >= 11 is 0. The highest BCUT2D eigenvalue weighted by atomic mass is 16.5. The fraction of sp³-hybridized carbons (Fsp3) is 0.588. The predicted octanol–water partition coefficient (Wildman–Crippen LogP) is 1.58. The van der Waals surface area contributed by atoms with E-state index in [9.17, 15) is 9.59 Å². The van der Waals surface area contributed by atoms with Crippen molar-refractivity contribution in [2.45, 2.75) is 45.3 Å². The molecule has 0 spiro atoms.